The van der Waals surface area contributed by atoms with Crippen molar-refractivity contribution in [3.05, 3.63) is 35.6 Å². The van der Waals surface area contributed by atoms with Gasteiger partial charge in [-0.05, 0) is 68.3 Å². The van der Waals surface area contributed by atoms with Crippen LogP contribution in [0.4, 0.5) is 4.39 Å². The third kappa shape index (κ3) is 4.07. The lowest BCUT2D eigenvalue weighted by molar-refractivity contribution is 0.247. The molecular weight excluding hydrogens is 301 g/mol. The molecule has 0 aromatic heterocycles. The molecule has 2 atom stereocenters. The summed E-state index contributed by atoms with van der Waals surface area (Å²) in [6.45, 7) is 2.97. The molecular formula is C17H24FNO2S. The van der Waals surface area contributed by atoms with E-state index in [1.165, 1.54) is 5.56 Å². The molecule has 0 unspecified atom stereocenters. The van der Waals surface area contributed by atoms with Gasteiger partial charge in [-0.3, -0.25) is 0 Å². The minimum Gasteiger partial charge on any atom is -0.303 e. The van der Waals surface area contributed by atoms with Crippen LogP contribution in [0.5, 0.6) is 0 Å². The van der Waals surface area contributed by atoms with E-state index in [1.807, 2.05) is 12.1 Å². The average Bonchev–Trinajstić information content (AvgIpc) is 2.69. The molecule has 3 nitrogen and oxygen atoms in total. The zero-order valence-electron chi connectivity index (χ0n) is 12.9. The van der Waals surface area contributed by atoms with Crippen molar-refractivity contribution in [3.63, 3.8) is 0 Å². The van der Waals surface area contributed by atoms with E-state index in [0.29, 0.717) is 23.3 Å². The highest BCUT2D eigenvalue weighted by atomic mass is 32.2. The van der Waals surface area contributed by atoms with E-state index in [9.17, 15) is 12.8 Å². The monoisotopic (exact) mass is 325 g/mol. The highest BCUT2D eigenvalue weighted by Crippen LogP contribution is 2.29. The van der Waals surface area contributed by atoms with Crippen LogP contribution in [0.15, 0.2) is 24.3 Å². The van der Waals surface area contributed by atoms with Crippen molar-refractivity contribution in [1.29, 1.82) is 0 Å². The summed E-state index contributed by atoms with van der Waals surface area (Å²) < 4.78 is 36.2. The molecule has 22 heavy (non-hydrogen) atoms. The van der Waals surface area contributed by atoms with E-state index in [2.05, 4.69) is 4.90 Å². The van der Waals surface area contributed by atoms with Crippen molar-refractivity contribution in [1.82, 2.24) is 4.90 Å². The maximum absolute atomic E-state index is 13.0. The fraction of sp³-hybridized carbons (Fsp3) is 0.647. The minimum atomic E-state index is -2.78. The molecule has 0 N–H and O–H groups in total. The third-order valence-electron chi connectivity index (χ3n) is 5.01. The number of halogens is 1. The van der Waals surface area contributed by atoms with Gasteiger partial charge in [-0.2, -0.15) is 0 Å². The van der Waals surface area contributed by atoms with Gasteiger partial charge in [0.2, 0.25) is 0 Å². The second kappa shape index (κ2) is 6.67. The standard InChI is InChI=1S/C17H24FNO2S/c18-17-5-3-16(4-6-17)15-2-1-9-19(10-7-15)12-14-8-11-22(20,21)13-14/h3-6,14-15H,1-2,7-13H2/t14-,15-/m1/s1. The summed E-state index contributed by atoms with van der Waals surface area (Å²) in [7, 11) is -2.78. The first kappa shape index (κ1) is 15.9. The van der Waals surface area contributed by atoms with Crippen molar-refractivity contribution in [2.45, 2.75) is 31.6 Å². The van der Waals surface area contributed by atoms with Crippen molar-refractivity contribution >= 4 is 9.84 Å². The van der Waals surface area contributed by atoms with Gasteiger partial charge in [0.15, 0.2) is 9.84 Å². The van der Waals surface area contributed by atoms with Crippen LogP contribution in [0, 0.1) is 11.7 Å². The maximum atomic E-state index is 13.0. The molecule has 3 rings (SSSR count). The Balaban J connectivity index is 1.55. The molecule has 0 aliphatic carbocycles. The lowest BCUT2D eigenvalue weighted by atomic mass is 9.92. The summed E-state index contributed by atoms with van der Waals surface area (Å²) in [5, 5.41) is 0. The number of hydrogen-bond acceptors (Lipinski definition) is 3. The Bertz CT molecular complexity index is 600. The largest absolute Gasteiger partial charge is 0.303 e. The van der Waals surface area contributed by atoms with Gasteiger partial charge < -0.3 is 4.90 Å². The molecule has 2 fully saturated rings. The predicted octanol–water partition coefficient (Wildman–Crippen LogP) is 2.83. The van der Waals surface area contributed by atoms with Crippen molar-refractivity contribution in [2.24, 2.45) is 5.92 Å². The van der Waals surface area contributed by atoms with E-state index in [4.69, 9.17) is 0 Å². The van der Waals surface area contributed by atoms with Gasteiger partial charge in [0.1, 0.15) is 5.82 Å². The zero-order chi connectivity index (χ0) is 15.6. The first-order valence-corrected chi connectivity index (χ1v) is 10.0. The number of likely N-dealkylation sites (tertiary alicyclic amines) is 1. The van der Waals surface area contributed by atoms with E-state index >= 15 is 0 Å². The normalized spacial score (nSPS) is 29.3. The van der Waals surface area contributed by atoms with Crippen LogP contribution in [-0.4, -0.2) is 44.5 Å². The highest BCUT2D eigenvalue weighted by Gasteiger charge is 2.30. The number of benzene rings is 1. The number of hydrogen-bond donors (Lipinski definition) is 0. The van der Waals surface area contributed by atoms with Crippen LogP contribution in [-0.2, 0) is 9.84 Å². The molecule has 0 radical (unpaired) electrons. The smallest absolute Gasteiger partial charge is 0.150 e. The Labute approximate surface area is 132 Å². The summed E-state index contributed by atoms with van der Waals surface area (Å²) in [4.78, 5) is 2.43. The molecule has 0 amide bonds. The van der Waals surface area contributed by atoms with Crippen LogP contribution in [0.1, 0.15) is 37.2 Å². The van der Waals surface area contributed by atoms with Crippen LogP contribution in [0.2, 0.25) is 0 Å². The predicted molar refractivity (Wildman–Crippen MR) is 86.2 cm³/mol. The molecule has 1 aromatic rings. The van der Waals surface area contributed by atoms with Crippen molar-refractivity contribution < 1.29 is 12.8 Å². The van der Waals surface area contributed by atoms with Crippen LogP contribution in [0.25, 0.3) is 0 Å². The fourth-order valence-corrected chi connectivity index (χ4v) is 5.64. The minimum absolute atomic E-state index is 0.179. The topological polar surface area (TPSA) is 37.4 Å². The summed E-state index contributed by atoms with van der Waals surface area (Å²) in [6.07, 6.45) is 4.15. The summed E-state index contributed by atoms with van der Waals surface area (Å²) >= 11 is 0. The van der Waals surface area contributed by atoms with E-state index in [0.717, 1.165) is 45.3 Å². The van der Waals surface area contributed by atoms with Crippen LogP contribution < -0.4 is 0 Å². The molecule has 0 bridgehead atoms. The van der Waals surface area contributed by atoms with Crippen molar-refractivity contribution in [2.75, 3.05) is 31.1 Å². The van der Waals surface area contributed by atoms with Gasteiger partial charge in [-0.15, -0.1) is 0 Å². The second-order valence-corrected chi connectivity index (χ2v) is 8.98. The molecule has 2 heterocycles. The SMILES string of the molecule is O=S1(=O)CC[C@H](CN2CCC[C@@H](c3ccc(F)cc3)CC2)C1. The molecule has 5 heteroatoms. The summed E-state index contributed by atoms with van der Waals surface area (Å²) in [6, 6.07) is 6.89. The molecule has 0 saturated carbocycles. The Morgan fingerprint density at radius 1 is 1.09 bits per heavy atom. The number of sulfone groups is 1. The lowest BCUT2D eigenvalue weighted by Gasteiger charge is -2.23. The molecule has 2 aliphatic heterocycles. The Kier molecular flexibility index (Phi) is 4.83. The van der Waals surface area contributed by atoms with Gasteiger partial charge in [0.05, 0.1) is 11.5 Å². The zero-order valence-corrected chi connectivity index (χ0v) is 13.7. The molecule has 2 aliphatic rings. The fourth-order valence-electron chi connectivity index (χ4n) is 3.79. The lowest BCUT2D eigenvalue weighted by Crippen LogP contribution is -2.31. The van der Waals surface area contributed by atoms with Crippen molar-refractivity contribution in [3.8, 4) is 0 Å². The van der Waals surface area contributed by atoms with Gasteiger partial charge in [-0.1, -0.05) is 12.1 Å². The first-order chi connectivity index (χ1) is 10.5. The Hall–Kier alpha value is -0.940. The summed E-state index contributed by atoms with van der Waals surface area (Å²) in [5.41, 5.74) is 1.23. The second-order valence-electron chi connectivity index (χ2n) is 6.75. The van der Waals surface area contributed by atoms with Gasteiger partial charge >= 0.3 is 0 Å². The summed E-state index contributed by atoms with van der Waals surface area (Å²) in [5.74, 6) is 1.36. The number of nitrogens with zero attached hydrogens (tertiary/aromatic N) is 1. The average molecular weight is 325 g/mol. The first-order valence-electron chi connectivity index (χ1n) is 8.20. The van der Waals surface area contributed by atoms with Gasteiger partial charge in [0.25, 0.3) is 0 Å². The molecule has 2 saturated heterocycles. The molecule has 1 aromatic carbocycles. The quantitative estimate of drug-likeness (QED) is 0.857. The van der Waals surface area contributed by atoms with E-state index < -0.39 is 9.84 Å². The maximum Gasteiger partial charge on any atom is 0.150 e. The molecule has 122 valence electrons. The van der Waals surface area contributed by atoms with Crippen LogP contribution in [0.3, 0.4) is 0 Å². The van der Waals surface area contributed by atoms with E-state index in [-0.39, 0.29) is 5.82 Å². The Morgan fingerprint density at radius 3 is 2.55 bits per heavy atom. The Morgan fingerprint density at radius 2 is 1.86 bits per heavy atom. The van der Waals surface area contributed by atoms with E-state index in [1.54, 1.807) is 12.1 Å². The highest BCUT2D eigenvalue weighted by molar-refractivity contribution is 7.91. The third-order valence-corrected chi connectivity index (χ3v) is 6.84. The van der Waals surface area contributed by atoms with Gasteiger partial charge in [0, 0.05) is 6.54 Å². The molecule has 0 spiro atoms. The van der Waals surface area contributed by atoms with Gasteiger partial charge in [-0.25, -0.2) is 12.8 Å². The number of rotatable bonds is 3. The van der Waals surface area contributed by atoms with Crippen LogP contribution >= 0.6 is 0 Å².